The Balaban J connectivity index is 1.54. The molecule has 0 saturated carbocycles. The van der Waals surface area contributed by atoms with Gasteiger partial charge < -0.3 is 19.5 Å². The van der Waals surface area contributed by atoms with Crippen molar-refractivity contribution < 1.29 is 27.4 Å². The third kappa shape index (κ3) is 5.88. The molecule has 10 heteroatoms. The van der Waals surface area contributed by atoms with E-state index < -0.39 is 28.6 Å². The van der Waals surface area contributed by atoms with Crippen LogP contribution >= 0.6 is 11.8 Å². The second-order valence-corrected chi connectivity index (χ2v) is 10.6. The van der Waals surface area contributed by atoms with Crippen LogP contribution in [-0.4, -0.2) is 53.0 Å². The number of nitrogens with zero attached hydrogens (tertiary/aromatic N) is 1. The van der Waals surface area contributed by atoms with Gasteiger partial charge in [-0.1, -0.05) is 24.3 Å². The Labute approximate surface area is 215 Å². The van der Waals surface area contributed by atoms with Gasteiger partial charge in [-0.2, -0.15) is 0 Å². The first-order valence-corrected chi connectivity index (χ1v) is 14.1. The van der Waals surface area contributed by atoms with Gasteiger partial charge in [-0.25, -0.2) is 8.42 Å². The van der Waals surface area contributed by atoms with Crippen molar-refractivity contribution in [2.45, 2.75) is 22.8 Å². The summed E-state index contributed by atoms with van der Waals surface area (Å²) in [6, 6.07) is 20.6. The summed E-state index contributed by atoms with van der Waals surface area (Å²) in [6.45, 7) is 2.17. The Bertz CT molecular complexity index is 1300. The van der Waals surface area contributed by atoms with E-state index in [1.807, 2.05) is 31.4 Å². The van der Waals surface area contributed by atoms with E-state index in [-0.39, 0.29) is 23.7 Å². The lowest BCUT2D eigenvalue weighted by atomic mass is 10.2. The van der Waals surface area contributed by atoms with E-state index in [9.17, 15) is 13.2 Å². The smallest absolute Gasteiger partial charge is 0.264 e. The fourth-order valence-electron chi connectivity index (χ4n) is 3.69. The van der Waals surface area contributed by atoms with E-state index in [0.717, 1.165) is 9.20 Å². The monoisotopic (exact) mass is 528 g/mol. The molecule has 3 aromatic carbocycles. The van der Waals surface area contributed by atoms with Crippen LogP contribution in [0.3, 0.4) is 0 Å². The summed E-state index contributed by atoms with van der Waals surface area (Å²) in [5.74, 6) is 1.15. The van der Waals surface area contributed by atoms with E-state index in [0.29, 0.717) is 23.9 Å². The highest BCUT2D eigenvalue weighted by atomic mass is 32.2. The predicted molar refractivity (Wildman–Crippen MR) is 140 cm³/mol. The number of carbonyl (C=O) groups excluding carboxylic acids is 1. The minimum Gasteiger partial charge on any atom is -0.492 e. The van der Waals surface area contributed by atoms with Gasteiger partial charge in [0, 0.05) is 4.90 Å². The summed E-state index contributed by atoms with van der Waals surface area (Å²) in [7, 11) is -4.07. The number of sulfonamides is 1. The maximum absolute atomic E-state index is 13.7. The second kappa shape index (κ2) is 11.6. The third-order valence-corrected chi connectivity index (χ3v) is 7.98. The van der Waals surface area contributed by atoms with Crippen molar-refractivity contribution in [2.24, 2.45) is 0 Å². The number of carbonyl (C=O) groups is 1. The molecule has 0 saturated heterocycles. The Morgan fingerprint density at radius 2 is 1.75 bits per heavy atom. The lowest BCUT2D eigenvalue weighted by Crippen LogP contribution is -2.45. The average Bonchev–Trinajstić information content (AvgIpc) is 2.91. The van der Waals surface area contributed by atoms with Crippen molar-refractivity contribution in [3.05, 3.63) is 72.8 Å². The Kier molecular flexibility index (Phi) is 8.27. The molecule has 0 aliphatic carbocycles. The molecule has 3 aromatic rings. The van der Waals surface area contributed by atoms with E-state index in [4.69, 9.17) is 14.2 Å². The quantitative estimate of drug-likeness (QED) is 0.398. The van der Waals surface area contributed by atoms with Gasteiger partial charge in [-0.3, -0.25) is 9.10 Å². The number of hydrogen-bond acceptors (Lipinski definition) is 7. The molecule has 0 unspecified atom stereocenters. The minimum atomic E-state index is -4.07. The van der Waals surface area contributed by atoms with Crippen molar-refractivity contribution >= 4 is 33.4 Å². The standard InChI is InChI=1S/C26H28N2O6S2/c1-3-32-23-9-5-4-8-22(23)28(36(30,31)21-14-12-20(35-2)13-15-21)17-26(29)27-16-19-18-33-24-10-6-7-11-25(24)34-19/h4-15,19H,3,16-18H2,1-2H3,(H,27,29)/t19-/m0/s1. The lowest BCUT2D eigenvalue weighted by Gasteiger charge is -2.28. The maximum Gasteiger partial charge on any atom is 0.264 e. The number of para-hydroxylation sites is 4. The number of amides is 1. The molecule has 1 aliphatic rings. The van der Waals surface area contributed by atoms with Crippen LogP contribution in [0.4, 0.5) is 5.69 Å². The fraction of sp³-hybridized carbons (Fsp3) is 0.269. The summed E-state index contributed by atoms with van der Waals surface area (Å²) in [6.07, 6.45) is 1.52. The fourth-order valence-corrected chi connectivity index (χ4v) is 5.53. The molecule has 0 radical (unpaired) electrons. The highest BCUT2D eigenvalue weighted by Gasteiger charge is 2.30. The number of ether oxygens (including phenoxy) is 3. The van der Waals surface area contributed by atoms with Crippen molar-refractivity contribution in [3.63, 3.8) is 0 Å². The van der Waals surface area contributed by atoms with Gasteiger partial charge in [-0.15, -0.1) is 11.8 Å². The summed E-state index contributed by atoms with van der Waals surface area (Å²) < 4.78 is 45.7. The van der Waals surface area contributed by atoms with Crippen molar-refractivity contribution in [3.8, 4) is 17.2 Å². The van der Waals surface area contributed by atoms with E-state index in [1.54, 1.807) is 54.6 Å². The third-order valence-electron chi connectivity index (χ3n) is 5.46. The van der Waals surface area contributed by atoms with Crippen LogP contribution in [0.1, 0.15) is 6.92 Å². The number of thioether (sulfide) groups is 1. The first-order valence-electron chi connectivity index (χ1n) is 11.5. The molecule has 4 rings (SSSR count). The number of hydrogen-bond donors (Lipinski definition) is 1. The van der Waals surface area contributed by atoms with Gasteiger partial charge >= 0.3 is 0 Å². The normalized spacial score (nSPS) is 14.7. The number of anilines is 1. The topological polar surface area (TPSA) is 94.2 Å². The Hall–Kier alpha value is -3.37. The van der Waals surface area contributed by atoms with Crippen LogP contribution in [0.2, 0.25) is 0 Å². The van der Waals surface area contributed by atoms with Gasteiger partial charge in [0.05, 0.1) is 23.7 Å². The van der Waals surface area contributed by atoms with Crippen molar-refractivity contribution in [2.75, 3.05) is 36.9 Å². The molecule has 190 valence electrons. The Morgan fingerprint density at radius 1 is 1.06 bits per heavy atom. The molecule has 1 N–H and O–H groups in total. The van der Waals surface area contributed by atoms with E-state index >= 15 is 0 Å². The molecule has 0 fully saturated rings. The molecule has 0 bridgehead atoms. The molecule has 36 heavy (non-hydrogen) atoms. The predicted octanol–water partition coefficient (Wildman–Crippen LogP) is 3.96. The summed E-state index contributed by atoms with van der Waals surface area (Å²) >= 11 is 1.51. The van der Waals surface area contributed by atoms with Gasteiger partial charge in [0.2, 0.25) is 5.91 Å². The molecule has 1 heterocycles. The van der Waals surface area contributed by atoms with Crippen LogP contribution in [-0.2, 0) is 14.8 Å². The molecule has 1 amide bonds. The maximum atomic E-state index is 13.7. The molecule has 1 aliphatic heterocycles. The van der Waals surface area contributed by atoms with Crippen LogP contribution < -0.4 is 23.8 Å². The van der Waals surface area contributed by atoms with Gasteiger partial charge in [0.1, 0.15) is 25.0 Å². The lowest BCUT2D eigenvalue weighted by molar-refractivity contribution is -0.120. The average molecular weight is 529 g/mol. The van der Waals surface area contributed by atoms with Crippen LogP contribution in [0.15, 0.2) is 82.6 Å². The molecule has 1 atom stereocenters. The second-order valence-electron chi connectivity index (χ2n) is 7.89. The Morgan fingerprint density at radius 3 is 2.47 bits per heavy atom. The van der Waals surface area contributed by atoms with Gasteiger partial charge in [-0.05, 0) is 61.7 Å². The van der Waals surface area contributed by atoms with Gasteiger partial charge in [0.15, 0.2) is 11.5 Å². The zero-order valence-corrected chi connectivity index (χ0v) is 21.7. The zero-order valence-electron chi connectivity index (χ0n) is 20.0. The SMILES string of the molecule is CCOc1ccccc1N(CC(=O)NC[C@H]1COc2ccccc2O1)S(=O)(=O)c1ccc(SC)cc1. The van der Waals surface area contributed by atoms with E-state index in [1.165, 1.54) is 11.8 Å². The number of fused-ring (bicyclic) bond motifs is 1. The highest BCUT2D eigenvalue weighted by Crippen LogP contribution is 2.33. The van der Waals surface area contributed by atoms with Crippen molar-refractivity contribution in [1.82, 2.24) is 5.32 Å². The molecular formula is C26H28N2O6S2. The van der Waals surface area contributed by atoms with E-state index in [2.05, 4.69) is 5.32 Å². The number of nitrogens with one attached hydrogen (secondary N) is 1. The zero-order chi connectivity index (χ0) is 25.5. The summed E-state index contributed by atoms with van der Waals surface area (Å²) in [4.78, 5) is 14.0. The van der Waals surface area contributed by atoms with Crippen LogP contribution in [0.25, 0.3) is 0 Å². The molecule has 0 spiro atoms. The highest BCUT2D eigenvalue weighted by molar-refractivity contribution is 7.98. The van der Waals surface area contributed by atoms with Crippen molar-refractivity contribution in [1.29, 1.82) is 0 Å². The molecular weight excluding hydrogens is 500 g/mol. The first kappa shape index (κ1) is 25.7. The summed E-state index contributed by atoms with van der Waals surface area (Å²) in [5.41, 5.74) is 0.287. The molecule has 8 nitrogen and oxygen atoms in total. The van der Waals surface area contributed by atoms with Crippen LogP contribution in [0, 0.1) is 0 Å². The van der Waals surface area contributed by atoms with Gasteiger partial charge in [0.25, 0.3) is 10.0 Å². The number of rotatable bonds is 10. The number of benzene rings is 3. The summed E-state index contributed by atoms with van der Waals surface area (Å²) in [5, 5.41) is 2.78. The minimum absolute atomic E-state index is 0.0834. The van der Waals surface area contributed by atoms with Crippen LogP contribution in [0.5, 0.6) is 17.2 Å². The first-order chi connectivity index (χ1) is 17.4. The molecule has 0 aromatic heterocycles. The largest absolute Gasteiger partial charge is 0.492 e.